The number of morpholine rings is 1. The number of ketones is 1. The lowest BCUT2D eigenvalue weighted by molar-refractivity contribution is -0.140. The van der Waals surface area contributed by atoms with Gasteiger partial charge in [0.1, 0.15) is 35.2 Å². The molecule has 0 bridgehead atoms. The normalized spacial score (nSPS) is 24.8. The molecule has 4 heterocycles. The highest BCUT2D eigenvalue weighted by Crippen LogP contribution is 2.41. The van der Waals surface area contributed by atoms with Crippen LogP contribution in [0.25, 0.3) is 5.76 Å². The largest absolute Gasteiger partial charge is 0.507 e. The topological polar surface area (TPSA) is 92.5 Å². The van der Waals surface area contributed by atoms with Gasteiger partial charge >= 0.3 is 0 Å². The Bertz CT molecular complexity index is 1110. The molecule has 8 heteroatoms. The van der Waals surface area contributed by atoms with Gasteiger partial charge in [0.05, 0.1) is 18.8 Å². The lowest BCUT2D eigenvalue weighted by Gasteiger charge is -2.30. The Morgan fingerprint density at radius 2 is 1.91 bits per heavy atom. The number of aryl methyl sites for hydroxylation is 1. The standard InChI is InChI=1S/C25H28N2O6/c1-15-3-5-20(32-15)22-21(23(28)17-4-6-19-18(14-17)13-16(2)33-19)24(29)25(30)27(22)8-7-26-9-11-31-12-10-26/h3-6,14,16,22,28H,7-13H2,1-2H3/t16-,22+/m1/s1. The number of fused-ring (bicyclic) bond motifs is 1. The summed E-state index contributed by atoms with van der Waals surface area (Å²) in [6.45, 7) is 7.63. The number of benzene rings is 1. The quantitative estimate of drug-likeness (QED) is 0.424. The van der Waals surface area contributed by atoms with Crippen LogP contribution in [0, 0.1) is 6.92 Å². The van der Waals surface area contributed by atoms with Gasteiger partial charge in [-0.05, 0) is 49.7 Å². The molecule has 2 saturated heterocycles. The van der Waals surface area contributed by atoms with Crippen LogP contribution in [-0.4, -0.2) is 72.1 Å². The summed E-state index contributed by atoms with van der Waals surface area (Å²) >= 11 is 0. The van der Waals surface area contributed by atoms with Crippen LogP contribution in [0.1, 0.15) is 35.6 Å². The smallest absolute Gasteiger partial charge is 0.295 e. The Hall–Kier alpha value is -3.10. The zero-order chi connectivity index (χ0) is 23.1. The zero-order valence-electron chi connectivity index (χ0n) is 18.9. The van der Waals surface area contributed by atoms with Crippen molar-refractivity contribution >= 4 is 17.4 Å². The Labute approximate surface area is 192 Å². The minimum atomic E-state index is -0.775. The molecule has 3 aliphatic rings. The summed E-state index contributed by atoms with van der Waals surface area (Å²) in [6, 6.07) is 8.14. The number of rotatable bonds is 5. The van der Waals surface area contributed by atoms with Gasteiger partial charge in [-0.1, -0.05) is 0 Å². The lowest BCUT2D eigenvalue weighted by Crippen LogP contribution is -2.42. The second-order valence-corrected chi connectivity index (χ2v) is 8.85. The fourth-order valence-electron chi connectivity index (χ4n) is 4.81. The summed E-state index contributed by atoms with van der Waals surface area (Å²) in [6.07, 6.45) is 0.791. The summed E-state index contributed by atoms with van der Waals surface area (Å²) in [5, 5.41) is 11.2. The third-order valence-corrected chi connectivity index (χ3v) is 6.50. The van der Waals surface area contributed by atoms with Crippen LogP contribution in [0.5, 0.6) is 5.75 Å². The molecule has 0 aliphatic carbocycles. The molecule has 3 aliphatic heterocycles. The van der Waals surface area contributed by atoms with Crippen molar-refractivity contribution in [3.63, 3.8) is 0 Å². The number of hydrogen-bond acceptors (Lipinski definition) is 7. The molecule has 0 spiro atoms. The monoisotopic (exact) mass is 452 g/mol. The summed E-state index contributed by atoms with van der Waals surface area (Å²) in [5.41, 5.74) is 1.52. The maximum atomic E-state index is 13.1. The molecule has 8 nitrogen and oxygen atoms in total. The van der Waals surface area contributed by atoms with Crippen LogP contribution in [-0.2, 0) is 20.7 Å². The number of aliphatic hydroxyl groups excluding tert-OH is 1. The zero-order valence-corrected chi connectivity index (χ0v) is 18.9. The van der Waals surface area contributed by atoms with E-state index in [4.69, 9.17) is 13.9 Å². The minimum Gasteiger partial charge on any atom is -0.507 e. The van der Waals surface area contributed by atoms with Gasteiger partial charge in [-0.2, -0.15) is 0 Å². The molecule has 5 rings (SSSR count). The van der Waals surface area contributed by atoms with Crippen LogP contribution in [0.15, 0.2) is 40.3 Å². The molecule has 1 aromatic carbocycles. The number of carbonyl (C=O) groups is 2. The number of likely N-dealkylation sites (tertiary alicyclic amines) is 1. The van der Waals surface area contributed by atoms with Crippen molar-refractivity contribution in [3.05, 3.63) is 58.6 Å². The molecular weight excluding hydrogens is 424 g/mol. The van der Waals surface area contributed by atoms with Gasteiger partial charge in [0.15, 0.2) is 0 Å². The molecular formula is C25H28N2O6. The minimum absolute atomic E-state index is 0.0586. The average Bonchev–Trinajstić information content (AvgIpc) is 3.47. The highest BCUT2D eigenvalue weighted by Gasteiger charge is 2.47. The summed E-state index contributed by atoms with van der Waals surface area (Å²) < 4.78 is 17.0. The predicted molar refractivity (Wildman–Crippen MR) is 120 cm³/mol. The van der Waals surface area contributed by atoms with E-state index in [1.807, 2.05) is 19.9 Å². The van der Waals surface area contributed by atoms with Crippen molar-refractivity contribution in [3.8, 4) is 5.75 Å². The Balaban J connectivity index is 1.51. The Morgan fingerprint density at radius 3 is 2.64 bits per heavy atom. The first-order valence-electron chi connectivity index (χ1n) is 11.4. The van der Waals surface area contributed by atoms with E-state index in [-0.39, 0.29) is 17.4 Å². The van der Waals surface area contributed by atoms with Crippen LogP contribution in [0.2, 0.25) is 0 Å². The highest BCUT2D eigenvalue weighted by molar-refractivity contribution is 6.46. The first-order valence-corrected chi connectivity index (χ1v) is 11.4. The van der Waals surface area contributed by atoms with Crippen molar-refractivity contribution in [1.82, 2.24) is 9.80 Å². The van der Waals surface area contributed by atoms with E-state index in [0.717, 1.165) is 30.8 Å². The molecule has 0 saturated carbocycles. The molecule has 0 unspecified atom stereocenters. The molecule has 33 heavy (non-hydrogen) atoms. The Morgan fingerprint density at radius 1 is 1.12 bits per heavy atom. The number of furan rings is 1. The third-order valence-electron chi connectivity index (χ3n) is 6.50. The number of nitrogens with zero attached hydrogens (tertiary/aromatic N) is 2. The van der Waals surface area contributed by atoms with E-state index < -0.39 is 17.7 Å². The SMILES string of the molecule is Cc1ccc([C@H]2C(=C(O)c3ccc4c(c3)C[C@@H](C)O4)C(=O)C(=O)N2CCN2CCOCC2)o1. The molecule has 1 amide bonds. The number of ether oxygens (including phenoxy) is 2. The van der Waals surface area contributed by atoms with Crippen molar-refractivity contribution in [2.45, 2.75) is 32.4 Å². The summed E-state index contributed by atoms with van der Waals surface area (Å²) in [7, 11) is 0. The number of Topliss-reactive ketones (excluding diaryl/α,β-unsaturated/α-hetero) is 1. The van der Waals surface area contributed by atoms with Crippen molar-refractivity contribution in [2.24, 2.45) is 0 Å². The maximum Gasteiger partial charge on any atom is 0.295 e. The first kappa shape index (κ1) is 21.7. The van der Waals surface area contributed by atoms with Crippen LogP contribution in [0.3, 0.4) is 0 Å². The average molecular weight is 453 g/mol. The number of hydrogen-bond donors (Lipinski definition) is 1. The highest BCUT2D eigenvalue weighted by atomic mass is 16.5. The van der Waals surface area contributed by atoms with Gasteiger partial charge in [0.2, 0.25) is 0 Å². The van der Waals surface area contributed by atoms with E-state index >= 15 is 0 Å². The second kappa shape index (κ2) is 8.68. The summed E-state index contributed by atoms with van der Waals surface area (Å²) in [5.74, 6) is 0.410. The fourth-order valence-corrected chi connectivity index (χ4v) is 4.81. The van der Waals surface area contributed by atoms with Crippen molar-refractivity contribution < 1.29 is 28.6 Å². The van der Waals surface area contributed by atoms with Gasteiger partial charge in [-0.3, -0.25) is 14.5 Å². The van der Waals surface area contributed by atoms with Crippen molar-refractivity contribution in [1.29, 1.82) is 0 Å². The molecule has 1 N–H and O–H groups in total. The van der Waals surface area contributed by atoms with Gasteiger partial charge in [-0.25, -0.2) is 0 Å². The summed E-state index contributed by atoms with van der Waals surface area (Å²) in [4.78, 5) is 29.9. The maximum absolute atomic E-state index is 13.1. The number of aliphatic hydroxyl groups is 1. The molecule has 0 radical (unpaired) electrons. The van der Waals surface area contributed by atoms with E-state index in [1.165, 1.54) is 4.90 Å². The predicted octanol–water partition coefficient (Wildman–Crippen LogP) is 2.67. The number of carbonyl (C=O) groups excluding carboxylic acids is 2. The van der Waals surface area contributed by atoms with E-state index in [1.54, 1.807) is 24.3 Å². The fraction of sp³-hybridized carbons (Fsp3) is 0.440. The molecule has 2 aromatic rings. The van der Waals surface area contributed by atoms with Crippen LogP contribution in [0.4, 0.5) is 0 Å². The second-order valence-electron chi connectivity index (χ2n) is 8.85. The lowest BCUT2D eigenvalue weighted by atomic mass is 9.97. The van der Waals surface area contributed by atoms with Crippen LogP contribution >= 0.6 is 0 Å². The molecule has 174 valence electrons. The van der Waals surface area contributed by atoms with Crippen LogP contribution < -0.4 is 4.74 Å². The van der Waals surface area contributed by atoms with E-state index in [2.05, 4.69) is 4.90 Å². The molecule has 2 fully saturated rings. The van der Waals surface area contributed by atoms with Gasteiger partial charge in [0.25, 0.3) is 11.7 Å². The van der Waals surface area contributed by atoms with E-state index in [0.29, 0.717) is 43.4 Å². The number of amides is 1. The van der Waals surface area contributed by atoms with E-state index in [9.17, 15) is 14.7 Å². The van der Waals surface area contributed by atoms with Gasteiger partial charge in [-0.15, -0.1) is 0 Å². The Kier molecular flexibility index (Phi) is 5.72. The van der Waals surface area contributed by atoms with Gasteiger partial charge in [0, 0.05) is 38.2 Å². The third kappa shape index (κ3) is 4.05. The molecule has 2 atom stereocenters. The van der Waals surface area contributed by atoms with Crippen molar-refractivity contribution in [2.75, 3.05) is 39.4 Å². The molecule has 1 aromatic heterocycles. The first-order chi connectivity index (χ1) is 15.9. The van der Waals surface area contributed by atoms with Gasteiger partial charge < -0.3 is 23.9 Å².